The van der Waals surface area contributed by atoms with E-state index in [1.54, 1.807) is 6.92 Å². The Balaban J connectivity index is 2.04. The van der Waals surface area contributed by atoms with E-state index in [0.717, 1.165) is 0 Å². The smallest absolute Gasteiger partial charge is 0.337 e. The van der Waals surface area contributed by atoms with E-state index in [1.807, 2.05) is 0 Å². The highest BCUT2D eigenvalue weighted by atomic mass is 19.1. The Morgan fingerprint density at radius 1 is 1.44 bits per heavy atom. The van der Waals surface area contributed by atoms with Gasteiger partial charge in [0, 0.05) is 5.56 Å². The number of aromatic amines is 1. The van der Waals surface area contributed by atoms with Crippen molar-refractivity contribution in [1.29, 1.82) is 0 Å². The maximum absolute atomic E-state index is 12.7. The van der Waals surface area contributed by atoms with Crippen LogP contribution < -0.4 is 10.1 Å². The summed E-state index contributed by atoms with van der Waals surface area (Å²) in [6.07, 6.45) is 0. The van der Waals surface area contributed by atoms with Crippen LogP contribution in [0.2, 0.25) is 0 Å². The predicted molar refractivity (Wildman–Crippen MR) is 61.9 cm³/mol. The van der Waals surface area contributed by atoms with Gasteiger partial charge in [-0.1, -0.05) is 0 Å². The highest BCUT2D eigenvalue weighted by Crippen LogP contribution is 2.08. The molecule has 0 saturated carbocycles. The number of ether oxygens (including phenoxy) is 1. The number of rotatable bonds is 4. The lowest BCUT2D eigenvalue weighted by Crippen LogP contribution is -2.12. The number of aromatic nitrogens is 3. The lowest BCUT2D eigenvalue weighted by atomic mass is 10.2. The van der Waals surface area contributed by atoms with Crippen LogP contribution in [0.5, 0.6) is 6.01 Å². The molecule has 0 atom stereocenters. The molecule has 0 aliphatic rings. The first kappa shape index (κ1) is 12.0. The number of nitrogens with zero attached hydrogens (tertiary/aromatic N) is 2. The predicted octanol–water partition coefficient (Wildman–Crippen LogP) is 1.59. The van der Waals surface area contributed by atoms with E-state index >= 15 is 0 Å². The summed E-state index contributed by atoms with van der Waals surface area (Å²) < 4.78 is 17.7. The van der Waals surface area contributed by atoms with Crippen molar-refractivity contribution in [3.63, 3.8) is 0 Å². The zero-order valence-electron chi connectivity index (χ0n) is 9.61. The third-order valence-electron chi connectivity index (χ3n) is 2.08. The van der Waals surface area contributed by atoms with Gasteiger partial charge in [-0.2, -0.15) is 4.98 Å². The van der Waals surface area contributed by atoms with Crippen LogP contribution in [0.4, 0.5) is 10.3 Å². The van der Waals surface area contributed by atoms with Crippen molar-refractivity contribution in [2.45, 2.75) is 6.92 Å². The fraction of sp³-hybridized carbons (Fsp3) is 0.182. The second-order valence-corrected chi connectivity index (χ2v) is 3.36. The van der Waals surface area contributed by atoms with E-state index in [0.29, 0.717) is 12.2 Å². The van der Waals surface area contributed by atoms with Crippen LogP contribution in [0.1, 0.15) is 17.3 Å². The Hall–Kier alpha value is -2.44. The Labute approximate surface area is 102 Å². The average molecular weight is 250 g/mol. The van der Waals surface area contributed by atoms with Crippen molar-refractivity contribution >= 4 is 11.9 Å². The monoisotopic (exact) mass is 250 g/mol. The minimum absolute atomic E-state index is 0.159. The number of benzene rings is 1. The normalized spacial score (nSPS) is 10.1. The number of hydrogen-bond acceptors (Lipinski definition) is 4. The molecule has 0 radical (unpaired) electrons. The van der Waals surface area contributed by atoms with Crippen molar-refractivity contribution in [3.8, 4) is 6.01 Å². The highest BCUT2D eigenvalue weighted by molar-refractivity contribution is 6.03. The van der Waals surface area contributed by atoms with Gasteiger partial charge in [0.05, 0.1) is 6.61 Å². The Kier molecular flexibility index (Phi) is 3.52. The van der Waals surface area contributed by atoms with E-state index in [1.165, 1.54) is 24.3 Å². The summed E-state index contributed by atoms with van der Waals surface area (Å²) >= 11 is 0. The molecule has 2 N–H and O–H groups in total. The summed E-state index contributed by atoms with van der Waals surface area (Å²) in [6.45, 7) is 2.23. The number of hydrogen-bond donors (Lipinski definition) is 2. The van der Waals surface area contributed by atoms with Gasteiger partial charge in [0.2, 0.25) is 5.95 Å². The van der Waals surface area contributed by atoms with Crippen molar-refractivity contribution in [3.05, 3.63) is 35.6 Å². The van der Waals surface area contributed by atoms with E-state index in [9.17, 15) is 9.18 Å². The molecule has 94 valence electrons. The summed E-state index contributed by atoms with van der Waals surface area (Å²) in [5.74, 6) is -0.633. The molecule has 7 heteroatoms. The SMILES string of the molecule is CCOc1n[nH]c(NC(=O)c2ccc(F)cc2)n1. The van der Waals surface area contributed by atoms with Crippen LogP contribution in [-0.4, -0.2) is 27.7 Å². The van der Waals surface area contributed by atoms with Crippen LogP contribution >= 0.6 is 0 Å². The van der Waals surface area contributed by atoms with E-state index in [4.69, 9.17) is 4.74 Å². The van der Waals surface area contributed by atoms with Crippen molar-refractivity contribution in [1.82, 2.24) is 15.2 Å². The first-order chi connectivity index (χ1) is 8.69. The van der Waals surface area contributed by atoms with Gasteiger partial charge in [-0.15, -0.1) is 5.10 Å². The molecule has 18 heavy (non-hydrogen) atoms. The van der Waals surface area contributed by atoms with Crippen LogP contribution in [-0.2, 0) is 0 Å². The lowest BCUT2D eigenvalue weighted by Gasteiger charge is -2.00. The first-order valence-electron chi connectivity index (χ1n) is 5.31. The third-order valence-corrected chi connectivity index (χ3v) is 2.08. The van der Waals surface area contributed by atoms with Crippen LogP contribution in [0.25, 0.3) is 0 Å². The Bertz CT molecular complexity index is 538. The van der Waals surface area contributed by atoms with E-state index in [-0.39, 0.29) is 12.0 Å². The number of carbonyl (C=O) groups is 1. The van der Waals surface area contributed by atoms with Crippen molar-refractivity contribution in [2.24, 2.45) is 0 Å². The molecular formula is C11H11FN4O2. The number of H-pyrrole nitrogens is 1. The van der Waals surface area contributed by atoms with Crippen LogP contribution in [0, 0.1) is 5.82 Å². The van der Waals surface area contributed by atoms with Gasteiger partial charge in [-0.25, -0.2) is 9.49 Å². The largest absolute Gasteiger partial charge is 0.463 e. The minimum atomic E-state index is -0.408. The third kappa shape index (κ3) is 2.82. The summed E-state index contributed by atoms with van der Waals surface area (Å²) in [4.78, 5) is 15.6. The molecule has 0 saturated heterocycles. The second-order valence-electron chi connectivity index (χ2n) is 3.36. The first-order valence-corrected chi connectivity index (χ1v) is 5.31. The standard InChI is InChI=1S/C11H11FN4O2/c1-2-18-11-14-10(15-16-11)13-9(17)7-3-5-8(12)6-4-7/h3-6H,2H2,1H3,(H2,13,14,15,16,17). The average Bonchev–Trinajstić information content (AvgIpc) is 2.78. The Morgan fingerprint density at radius 2 is 2.17 bits per heavy atom. The molecular weight excluding hydrogens is 239 g/mol. The van der Waals surface area contributed by atoms with E-state index in [2.05, 4.69) is 20.5 Å². The van der Waals surface area contributed by atoms with Gasteiger partial charge in [0.25, 0.3) is 5.91 Å². The zero-order chi connectivity index (χ0) is 13.0. The fourth-order valence-corrected chi connectivity index (χ4v) is 1.28. The topological polar surface area (TPSA) is 79.9 Å². The molecule has 0 unspecified atom stereocenters. The molecule has 6 nitrogen and oxygen atoms in total. The molecule has 0 aliphatic heterocycles. The summed E-state index contributed by atoms with van der Waals surface area (Å²) in [7, 11) is 0. The van der Waals surface area contributed by atoms with Gasteiger partial charge in [0.15, 0.2) is 0 Å². The molecule has 2 aromatic rings. The Morgan fingerprint density at radius 3 is 2.83 bits per heavy atom. The number of amides is 1. The summed E-state index contributed by atoms with van der Waals surface area (Å²) in [5, 5.41) is 8.73. The second kappa shape index (κ2) is 5.26. The van der Waals surface area contributed by atoms with Crippen LogP contribution in [0.3, 0.4) is 0 Å². The number of nitrogens with one attached hydrogen (secondary N) is 2. The molecule has 0 fully saturated rings. The molecule has 1 heterocycles. The van der Waals surface area contributed by atoms with Crippen LogP contribution in [0.15, 0.2) is 24.3 Å². The molecule has 2 rings (SSSR count). The highest BCUT2D eigenvalue weighted by Gasteiger charge is 2.09. The van der Waals surface area contributed by atoms with Crippen molar-refractivity contribution < 1.29 is 13.9 Å². The fourth-order valence-electron chi connectivity index (χ4n) is 1.28. The van der Waals surface area contributed by atoms with Gasteiger partial charge < -0.3 is 4.74 Å². The zero-order valence-corrected chi connectivity index (χ0v) is 9.61. The minimum Gasteiger partial charge on any atom is -0.463 e. The molecule has 1 amide bonds. The van der Waals surface area contributed by atoms with E-state index < -0.39 is 11.7 Å². The van der Waals surface area contributed by atoms with Gasteiger partial charge in [0.1, 0.15) is 5.82 Å². The number of carbonyl (C=O) groups excluding carboxylic acids is 1. The summed E-state index contributed by atoms with van der Waals surface area (Å²) in [6, 6.07) is 5.34. The number of halogens is 1. The molecule has 1 aromatic carbocycles. The number of anilines is 1. The van der Waals surface area contributed by atoms with Gasteiger partial charge in [-0.3, -0.25) is 10.1 Å². The summed E-state index contributed by atoms with van der Waals surface area (Å²) in [5.41, 5.74) is 0.325. The van der Waals surface area contributed by atoms with Crippen molar-refractivity contribution in [2.75, 3.05) is 11.9 Å². The molecule has 0 aliphatic carbocycles. The molecule has 0 spiro atoms. The molecule has 1 aromatic heterocycles. The maximum atomic E-state index is 12.7. The van der Waals surface area contributed by atoms with Gasteiger partial charge in [-0.05, 0) is 31.2 Å². The lowest BCUT2D eigenvalue weighted by molar-refractivity contribution is 0.102. The quantitative estimate of drug-likeness (QED) is 0.863. The van der Waals surface area contributed by atoms with Gasteiger partial charge >= 0.3 is 6.01 Å². The maximum Gasteiger partial charge on any atom is 0.337 e. The molecule has 0 bridgehead atoms.